The summed E-state index contributed by atoms with van der Waals surface area (Å²) in [7, 11) is 0. The number of hydrogen-bond donors (Lipinski definition) is 2. The number of nitrogens with one attached hydrogen (secondary N) is 2. The first-order valence-electron chi connectivity index (χ1n) is 6.33. The Labute approximate surface area is 127 Å². The first kappa shape index (κ1) is 14.9. The molecule has 2 aromatic rings. The minimum absolute atomic E-state index is 0.257. The van der Waals surface area contributed by atoms with Crippen molar-refractivity contribution in [3.63, 3.8) is 0 Å². The molecule has 5 nitrogen and oxygen atoms in total. The molecular formula is C15H14ClN3O2. The molecule has 21 heavy (non-hydrogen) atoms. The van der Waals surface area contributed by atoms with Crippen molar-refractivity contribution in [1.29, 1.82) is 5.26 Å². The van der Waals surface area contributed by atoms with Gasteiger partial charge in [0.15, 0.2) is 0 Å². The summed E-state index contributed by atoms with van der Waals surface area (Å²) >= 11 is 5.91. The predicted octanol–water partition coefficient (Wildman–Crippen LogP) is 4.00. The standard InChI is InChI=1S/C15H14ClN3O2/c1-9-3-6-14(21-9)10(2)18-15(20)19-12-5-4-11(8-17)13(16)7-12/h3-7,10H,1-2H3,(H2,18,19,20)/t10-/m0/s1. The van der Waals surface area contributed by atoms with E-state index in [9.17, 15) is 4.79 Å². The van der Waals surface area contributed by atoms with Gasteiger partial charge >= 0.3 is 6.03 Å². The molecule has 108 valence electrons. The highest BCUT2D eigenvalue weighted by Gasteiger charge is 2.13. The van der Waals surface area contributed by atoms with Crippen LogP contribution >= 0.6 is 11.6 Å². The van der Waals surface area contributed by atoms with Crippen LogP contribution < -0.4 is 10.6 Å². The Kier molecular flexibility index (Phi) is 4.51. The number of carbonyl (C=O) groups is 1. The van der Waals surface area contributed by atoms with Gasteiger partial charge in [-0.25, -0.2) is 4.79 Å². The fourth-order valence-corrected chi connectivity index (χ4v) is 2.03. The summed E-state index contributed by atoms with van der Waals surface area (Å²) < 4.78 is 5.45. The van der Waals surface area contributed by atoms with E-state index in [1.165, 1.54) is 6.07 Å². The van der Waals surface area contributed by atoms with Crippen LogP contribution in [0, 0.1) is 18.3 Å². The Morgan fingerprint density at radius 1 is 1.38 bits per heavy atom. The van der Waals surface area contributed by atoms with Gasteiger partial charge < -0.3 is 15.1 Å². The van der Waals surface area contributed by atoms with Crippen molar-refractivity contribution >= 4 is 23.3 Å². The minimum atomic E-state index is -0.377. The second-order valence-electron chi connectivity index (χ2n) is 4.57. The average molecular weight is 304 g/mol. The second-order valence-corrected chi connectivity index (χ2v) is 4.98. The number of benzene rings is 1. The van der Waals surface area contributed by atoms with Gasteiger partial charge in [-0.1, -0.05) is 11.6 Å². The molecule has 1 aromatic heterocycles. The normalized spacial score (nSPS) is 11.5. The molecule has 0 aliphatic heterocycles. The molecular weight excluding hydrogens is 290 g/mol. The van der Waals surface area contributed by atoms with E-state index in [4.69, 9.17) is 21.3 Å². The zero-order valence-electron chi connectivity index (χ0n) is 11.6. The first-order valence-corrected chi connectivity index (χ1v) is 6.71. The van der Waals surface area contributed by atoms with Gasteiger partial charge in [0.25, 0.3) is 0 Å². The average Bonchev–Trinajstić information content (AvgIpc) is 2.85. The molecule has 0 radical (unpaired) electrons. The van der Waals surface area contributed by atoms with E-state index in [0.717, 1.165) is 5.76 Å². The molecule has 0 spiro atoms. The summed E-state index contributed by atoms with van der Waals surface area (Å²) in [5.41, 5.74) is 0.876. The predicted molar refractivity (Wildman–Crippen MR) is 80.2 cm³/mol. The molecule has 0 fully saturated rings. The van der Waals surface area contributed by atoms with Gasteiger partial charge in [-0.15, -0.1) is 0 Å². The van der Waals surface area contributed by atoms with Gasteiger partial charge in [-0.3, -0.25) is 0 Å². The largest absolute Gasteiger partial charge is 0.464 e. The van der Waals surface area contributed by atoms with Gasteiger partial charge in [-0.2, -0.15) is 5.26 Å². The Morgan fingerprint density at radius 3 is 2.71 bits per heavy atom. The monoisotopic (exact) mass is 303 g/mol. The maximum absolute atomic E-state index is 11.9. The minimum Gasteiger partial charge on any atom is -0.464 e. The molecule has 0 bridgehead atoms. The van der Waals surface area contributed by atoms with Crippen molar-refractivity contribution in [3.05, 3.63) is 52.4 Å². The molecule has 0 unspecified atom stereocenters. The van der Waals surface area contributed by atoms with Gasteiger partial charge in [0.2, 0.25) is 0 Å². The maximum Gasteiger partial charge on any atom is 0.319 e. The van der Waals surface area contributed by atoms with Crippen molar-refractivity contribution in [2.24, 2.45) is 0 Å². The van der Waals surface area contributed by atoms with Crippen LogP contribution in [-0.2, 0) is 0 Å². The van der Waals surface area contributed by atoms with E-state index >= 15 is 0 Å². The molecule has 1 aromatic carbocycles. The number of urea groups is 1. The van der Waals surface area contributed by atoms with E-state index in [1.54, 1.807) is 12.1 Å². The number of rotatable bonds is 3. The third-order valence-electron chi connectivity index (χ3n) is 2.88. The number of hydrogen-bond acceptors (Lipinski definition) is 3. The van der Waals surface area contributed by atoms with Crippen LogP contribution in [0.15, 0.2) is 34.7 Å². The van der Waals surface area contributed by atoms with Crippen LogP contribution in [-0.4, -0.2) is 6.03 Å². The summed E-state index contributed by atoms with van der Waals surface area (Å²) in [6.07, 6.45) is 0. The third-order valence-corrected chi connectivity index (χ3v) is 3.20. The number of anilines is 1. The molecule has 2 amide bonds. The van der Waals surface area contributed by atoms with E-state index < -0.39 is 0 Å². The van der Waals surface area contributed by atoms with Gasteiger partial charge in [0.1, 0.15) is 17.6 Å². The molecule has 0 aliphatic rings. The molecule has 6 heteroatoms. The fraction of sp³-hybridized carbons (Fsp3) is 0.200. The number of halogens is 1. The SMILES string of the molecule is Cc1ccc([C@H](C)NC(=O)Nc2ccc(C#N)c(Cl)c2)o1. The lowest BCUT2D eigenvalue weighted by Crippen LogP contribution is -2.30. The van der Waals surface area contributed by atoms with Crippen molar-refractivity contribution in [2.45, 2.75) is 19.9 Å². The van der Waals surface area contributed by atoms with E-state index in [0.29, 0.717) is 22.0 Å². The van der Waals surface area contributed by atoms with Gasteiger partial charge in [0, 0.05) is 5.69 Å². The van der Waals surface area contributed by atoms with Crippen LogP contribution in [0.3, 0.4) is 0 Å². The topological polar surface area (TPSA) is 78.1 Å². The highest BCUT2D eigenvalue weighted by molar-refractivity contribution is 6.32. The number of amides is 2. The number of nitriles is 1. The molecule has 0 aliphatic carbocycles. The zero-order chi connectivity index (χ0) is 15.4. The van der Waals surface area contributed by atoms with Crippen LogP contribution in [0.2, 0.25) is 5.02 Å². The Hall–Kier alpha value is -2.45. The fourth-order valence-electron chi connectivity index (χ4n) is 1.80. The number of nitrogens with zero attached hydrogens (tertiary/aromatic N) is 1. The summed E-state index contributed by atoms with van der Waals surface area (Å²) in [4.78, 5) is 11.9. The van der Waals surface area contributed by atoms with Crippen LogP contribution in [0.5, 0.6) is 0 Å². The van der Waals surface area contributed by atoms with Crippen molar-refractivity contribution in [1.82, 2.24) is 5.32 Å². The van der Waals surface area contributed by atoms with Gasteiger partial charge in [-0.05, 0) is 44.2 Å². The molecule has 0 saturated carbocycles. The summed E-state index contributed by atoms with van der Waals surface area (Å²) in [6, 6.07) is 9.68. The molecule has 0 saturated heterocycles. The van der Waals surface area contributed by atoms with Crippen molar-refractivity contribution < 1.29 is 9.21 Å². The second kappa shape index (κ2) is 6.33. The smallest absolute Gasteiger partial charge is 0.319 e. The highest BCUT2D eigenvalue weighted by Crippen LogP contribution is 2.20. The zero-order valence-corrected chi connectivity index (χ0v) is 12.4. The Bertz CT molecular complexity index is 703. The summed E-state index contributed by atoms with van der Waals surface area (Å²) in [6.45, 7) is 3.67. The quantitative estimate of drug-likeness (QED) is 0.899. The maximum atomic E-state index is 11.9. The first-order chi connectivity index (χ1) is 9.99. The lowest BCUT2D eigenvalue weighted by Gasteiger charge is -2.13. The van der Waals surface area contributed by atoms with Crippen LogP contribution in [0.1, 0.15) is 30.0 Å². The lowest BCUT2D eigenvalue weighted by atomic mass is 10.2. The molecule has 2 N–H and O–H groups in total. The molecule has 1 heterocycles. The Balaban J connectivity index is 1.99. The van der Waals surface area contributed by atoms with Gasteiger partial charge in [0.05, 0.1) is 16.6 Å². The van der Waals surface area contributed by atoms with Crippen LogP contribution in [0.4, 0.5) is 10.5 Å². The number of aryl methyl sites for hydroxylation is 1. The van der Waals surface area contributed by atoms with Crippen LogP contribution in [0.25, 0.3) is 0 Å². The van der Waals surface area contributed by atoms with E-state index in [1.807, 2.05) is 32.0 Å². The summed E-state index contributed by atoms with van der Waals surface area (Å²) in [5, 5.41) is 14.5. The number of carbonyl (C=O) groups excluding carboxylic acids is 1. The number of furan rings is 1. The molecule has 2 rings (SSSR count). The summed E-state index contributed by atoms with van der Waals surface area (Å²) in [5.74, 6) is 1.47. The van der Waals surface area contributed by atoms with Crippen molar-refractivity contribution in [3.8, 4) is 6.07 Å². The van der Waals surface area contributed by atoms with E-state index in [-0.39, 0.29) is 12.1 Å². The highest BCUT2D eigenvalue weighted by atomic mass is 35.5. The van der Waals surface area contributed by atoms with E-state index in [2.05, 4.69) is 10.6 Å². The van der Waals surface area contributed by atoms with Crippen molar-refractivity contribution in [2.75, 3.05) is 5.32 Å². The molecule has 1 atom stereocenters. The lowest BCUT2D eigenvalue weighted by molar-refractivity contribution is 0.247. The third kappa shape index (κ3) is 3.77. The Morgan fingerprint density at radius 2 is 2.14 bits per heavy atom.